The van der Waals surface area contributed by atoms with Gasteiger partial charge in [-0.2, -0.15) is 4.98 Å². The summed E-state index contributed by atoms with van der Waals surface area (Å²) >= 11 is 0. The molecule has 4 heterocycles. The van der Waals surface area contributed by atoms with Crippen molar-refractivity contribution >= 4 is 17.0 Å². The number of piperazine rings is 1. The third-order valence-electron chi connectivity index (χ3n) is 4.37. The Morgan fingerprint density at radius 2 is 1.96 bits per heavy atom. The van der Waals surface area contributed by atoms with Crippen molar-refractivity contribution in [2.45, 2.75) is 0 Å². The first-order valence-corrected chi connectivity index (χ1v) is 7.95. The Morgan fingerprint density at radius 1 is 1.12 bits per heavy atom. The molecule has 0 atom stereocenters. The van der Waals surface area contributed by atoms with Crippen molar-refractivity contribution in [1.82, 2.24) is 24.8 Å². The van der Waals surface area contributed by atoms with Gasteiger partial charge in [0, 0.05) is 55.9 Å². The molecule has 3 aromatic heterocycles. The van der Waals surface area contributed by atoms with Gasteiger partial charge < -0.3 is 9.80 Å². The van der Waals surface area contributed by atoms with Crippen molar-refractivity contribution in [3.8, 4) is 11.1 Å². The van der Waals surface area contributed by atoms with E-state index in [1.807, 2.05) is 18.2 Å². The fraction of sp³-hybridized carbons (Fsp3) is 0.294. The zero-order valence-corrected chi connectivity index (χ0v) is 13.4. The smallest absolute Gasteiger partial charge is 0.262 e. The average Bonchev–Trinajstić information content (AvgIpc) is 2.62. The molecule has 0 aliphatic carbocycles. The molecule has 1 N–H and O–H groups in total. The zero-order chi connectivity index (χ0) is 16.5. The molecule has 4 rings (SSSR count). The van der Waals surface area contributed by atoms with Crippen molar-refractivity contribution in [2.24, 2.45) is 0 Å². The van der Waals surface area contributed by atoms with Gasteiger partial charge in [0.25, 0.3) is 5.56 Å². The van der Waals surface area contributed by atoms with Crippen LogP contribution in [0.1, 0.15) is 0 Å². The maximum Gasteiger partial charge on any atom is 0.262 e. The Morgan fingerprint density at radius 3 is 2.71 bits per heavy atom. The van der Waals surface area contributed by atoms with Crippen LogP contribution in [0, 0.1) is 0 Å². The highest BCUT2D eigenvalue weighted by Crippen LogP contribution is 2.24. The second kappa shape index (κ2) is 6.01. The standard InChI is InChI=1S/C17H18N6O/c1-22-7-9-23(10-8-22)17-20-15-14(16(24)21-17)13(4-6-19-15)12-3-2-5-18-11-12/h2-6,11H,7-10H2,1H3,(H,19,20,21,24). The van der Waals surface area contributed by atoms with Gasteiger partial charge >= 0.3 is 0 Å². The predicted octanol–water partition coefficient (Wildman–Crippen LogP) is 1.13. The third kappa shape index (κ3) is 2.63. The number of nitrogens with zero attached hydrogens (tertiary/aromatic N) is 5. The summed E-state index contributed by atoms with van der Waals surface area (Å²) < 4.78 is 0. The van der Waals surface area contributed by atoms with Crippen LogP contribution in [0.5, 0.6) is 0 Å². The van der Waals surface area contributed by atoms with E-state index in [9.17, 15) is 4.79 Å². The van der Waals surface area contributed by atoms with Crippen LogP contribution in [0.4, 0.5) is 5.95 Å². The Kier molecular flexibility index (Phi) is 3.70. The van der Waals surface area contributed by atoms with E-state index in [-0.39, 0.29) is 5.56 Å². The molecule has 0 spiro atoms. The highest BCUT2D eigenvalue weighted by molar-refractivity contribution is 5.91. The van der Waals surface area contributed by atoms with E-state index in [1.54, 1.807) is 18.6 Å². The number of aromatic nitrogens is 4. The summed E-state index contributed by atoms with van der Waals surface area (Å²) in [6.07, 6.45) is 5.13. The molecule has 0 amide bonds. The molecule has 1 aliphatic rings. The number of nitrogens with one attached hydrogen (secondary N) is 1. The fourth-order valence-corrected chi connectivity index (χ4v) is 2.98. The third-order valence-corrected chi connectivity index (χ3v) is 4.37. The number of rotatable bonds is 2. The van der Waals surface area contributed by atoms with E-state index in [4.69, 9.17) is 0 Å². The highest BCUT2D eigenvalue weighted by Gasteiger charge is 2.18. The summed E-state index contributed by atoms with van der Waals surface area (Å²) in [6.45, 7) is 3.58. The van der Waals surface area contributed by atoms with Gasteiger partial charge in [-0.15, -0.1) is 0 Å². The van der Waals surface area contributed by atoms with E-state index in [2.05, 4.69) is 36.8 Å². The lowest BCUT2D eigenvalue weighted by molar-refractivity contribution is 0.311. The van der Waals surface area contributed by atoms with Crippen LogP contribution in [0.2, 0.25) is 0 Å². The molecule has 0 saturated carbocycles. The highest BCUT2D eigenvalue weighted by atomic mass is 16.1. The monoisotopic (exact) mass is 322 g/mol. The Hall–Kier alpha value is -2.80. The Bertz CT molecular complexity index is 915. The summed E-state index contributed by atoms with van der Waals surface area (Å²) in [7, 11) is 2.09. The summed E-state index contributed by atoms with van der Waals surface area (Å²) in [5, 5.41) is 0.503. The number of aromatic amines is 1. The van der Waals surface area contributed by atoms with Crippen molar-refractivity contribution in [2.75, 3.05) is 38.1 Å². The number of pyridine rings is 2. The van der Waals surface area contributed by atoms with E-state index >= 15 is 0 Å². The lowest BCUT2D eigenvalue weighted by Crippen LogP contribution is -2.45. The van der Waals surface area contributed by atoms with Crippen LogP contribution in [0.25, 0.3) is 22.2 Å². The summed E-state index contributed by atoms with van der Waals surface area (Å²) in [6, 6.07) is 5.60. The molecule has 0 aromatic carbocycles. The maximum absolute atomic E-state index is 12.7. The molecule has 3 aromatic rings. The van der Waals surface area contributed by atoms with Crippen LogP contribution in [-0.4, -0.2) is 58.1 Å². The SMILES string of the molecule is CN1CCN(c2nc3nccc(-c4cccnc4)c3c(=O)[nH]2)CC1. The van der Waals surface area contributed by atoms with Crippen molar-refractivity contribution in [3.63, 3.8) is 0 Å². The summed E-state index contributed by atoms with van der Waals surface area (Å²) in [5.41, 5.74) is 1.98. The number of fused-ring (bicyclic) bond motifs is 1. The minimum Gasteiger partial charge on any atom is -0.340 e. The number of hydrogen-bond donors (Lipinski definition) is 1. The van der Waals surface area contributed by atoms with Crippen molar-refractivity contribution < 1.29 is 0 Å². The van der Waals surface area contributed by atoms with E-state index in [1.165, 1.54) is 0 Å². The molecule has 7 nitrogen and oxygen atoms in total. The topological polar surface area (TPSA) is 78.0 Å². The molecule has 0 bridgehead atoms. The normalized spacial score (nSPS) is 15.8. The number of H-pyrrole nitrogens is 1. The van der Waals surface area contributed by atoms with Crippen LogP contribution in [0.15, 0.2) is 41.6 Å². The minimum atomic E-state index is -0.166. The molecule has 0 radical (unpaired) electrons. The molecule has 24 heavy (non-hydrogen) atoms. The van der Waals surface area contributed by atoms with E-state index in [0.29, 0.717) is 17.0 Å². The van der Waals surface area contributed by atoms with Gasteiger partial charge in [-0.1, -0.05) is 6.07 Å². The van der Waals surface area contributed by atoms with E-state index < -0.39 is 0 Å². The number of hydrogen-bond acceptors (Lipinski definition) is 6. The first kappa shape index (κ1) is 14.8. The Balaban J connectivity index is 1.82. The molecule has 122 valence electrons. The molecule has 1 saturated heterocycles. The van der Waals surface area contributed by atoms with E-state index in [0.717, 1.165) is 37.3 Å². The second-order valence-corrected chi connectivity index (χ2v) is 5.98. The van der Waals surface area contributed by atoms with Crippen LogP contribution >= 0.6 is 0 Å². The van der Waals surface area contributed by atoms with Crippen LogP contribution in [-0.2, 0) is 0 Å². The average molecular weight is 322 g/mol. The van der Waals surface area contributed by atoms with Crippen molar-refractivity contribution in [3.05, 3.63) is 47.1 Å². The zero-order valence-electron chi connectivity index (χ0n) is 13.4. The first-order valence-electron chi connectivity index (χ1n) is 7.95. The molecule has 1 fully saturated rings. The Labute approximate surface area is 139 Å². The summed E-state index contributed by atoms with van der Waals surface area (Å²) in [5.74, 6) is 0.594. The lowest BCUT2D eigenvalue weighted by atomic mass is 10.1. The van der Waals surface area contributed by atoms with Crippen molar-refractivity contribution in [1.29, 1.82) is 0 Å². The van der Waals surface area contributed by atoms with Gasteiger partial charge in [0.05, 0.1) is 5.39 Å². The molecule has 7 heteroatoms. The molecule has 0 unspecified atom stereocenters. The minimum absolute atomic E-state index is 0.166. The molecular weight excluding hydrogens is 304 g/mol. The van der Waals surface area contributed by atoms with Gasteiger partial charge in [0.2, 0.25) is 5.95 Å². The molecular formula is C17H18N6O. The summed E-state index contributed by atoms with van der Waals surface area (Å²) in [4.78, 5) is 33.0. The predicted molar refractivity (Wildman–Crippen MR) is 93.1 cm³/mol. The maximum atomic E-state index is 12.7. The molecule has 1 aliphatic heterocycles. The number of likely N-dealkylation sites (N-methyl/N-ethyl adjacent to an activating group) is 1. The van der Waals surface area contributed by atoms with Gasteiger partial charge in [-0.3, -0.25) is 14.8 Å². The van der Waals surface area contributed by atoms with Crippen LogP contribution in [0.3, 0.4) is 0 Å². The van der Waals surface area contributed by atoms with Gasteiger partial charge in [0.1, 0.15) is 0 Å². The number of anilines is 1. The van der Waals surface area contributed by atoms with Crippen LogP contribution < -0.4 is 10.5 Å². The van der Waals surface area contributed by atoms with Gasteiger partial charge in [0.15, 0.2) is 5.65 Å². The van der Waals surface area contributed by atoms with Gasteiger partial charge in [-0.25, -0.2) is 4.98 Å². The second-order valence-electron chi connectivity index (χ2n) is 5.98. The largest absolute Gasteiger partial charge is 0.340 e. The first-order chi connectivity index (χ1) is 11.7. The quantitative estimate of drug-likeness (QED) is 0.762. The fourth-order valence-electron chi connectivity index (χ4n) is 2.98. The van der Waals surface area contributed by atoms with Gasteiger partial charge in [-0.05, 0) is 19.2 Å². The lowest BCUT2D eigenvalue weighted by Gasteiger charge is -2.32.